The van der Waals surface area contributed by atoms with Gasteiger partial charge >= 0.3 is 0 Å². The molecule has 0 aliphatic heterocycles. The SMILES string of the molecule is CCCNC(C)c1nnc(-c2cccnc2)o1. The number of nitrogens with one attached hydrogen (secondary N) is 1. The zero-order valence-electron chi connectivity index (χ0n) is 10.1. The van der Waals surface area contributed by atoms with Gasteiger partial charge in [-0.3, -0.25) is 4.98 Å². The van der Waals surface area contributed by atoms with Crippen LogP contribution in [-0.2, 0) is 0 Å². The third kappa shape index (κ3) is 2.88. The maximum absolute atomic E-state index is 5.60. The van der Waals surface area contributed by atoms with Gasteiger partial charge in [0, 0.05) is 12.4 Å². The molecule has 0 aliphatic carbocycles. The topological polar surface area (TPSA) is 63.8 Å². The molecule has 0 saturated carbocycles. The molecule has 0 amide bonds. The summed E-state index contributed by atoms with van der Waals surface area (Å²) in [5, 5.41) is 11.4. The molecule has 0 spiro atoms. The Morgan fingerprint density at radius 3 is 3.00 bits per heavy atom. The monoisotopic (exact) mass is 232 g/mol. The smallest absolute Gasteiger partial charge is 0.249 e. The molecule has 0 radical (unpaired) electrons. The molecule has 2 rings (SSSR count). The summed E-state index contributed by atoms with van der Waals surface area (Å²) in [6.45, 7) is 5.07. The third-order valence-corrected chi connectivity index (χ3v) is 2.42. The number of rotatable bonds is 5. The number of aromatic nitrogens is 3. The molecule has 5 nitrogen and oxygen atoms in total. The van der Waals surface area contributed by atoms with Crippen LogP contribution in [0.2, 0.25) is 0 Å². The van der Waals surface area contributed by atoms with E-state index in [9.17, 15) is 0 Å². The van der Waals surface area contributed by atoms with Crippen molar-refractivity contribution in [3.63, 3.8) is 0 Å². The maximum Gasteiger partial charge on any atom is 0.249 e. The first-order chi connectivity index (χ1) is 8.31. The lowest BCUT2D eigenvalue weighted by molar-refractivity contribution is 0.423. The van der Waals surface area contributed by atoms with Gasteiger partial charge < -0.3 is 9.73 Å². The van der Waals surface area contributed by atoms with Crippen LogP contribution in [0.25, 0.3) is 11.5 Å². The second-order valence-electron chi connectivity index (χ2n) is 3.86. The minimum absolute atomic E-state index is 0.0767. The normalized spacial score (nSPS) is 12.6. The highest BCUT2D eigenvalue weighted by atomic mass is 16.4. The van der Waals surface area contributed by atoms with E-state index in [-0.39, 0.29) is 6.04 Å². The van der Waals surface area contributed by atoms with Crippen LogP contribution in [0.1, 0.15) is 32.2 Å². The minimum Gasteiger partial charge on any atom is -0.419 e. The fourth-order valence-corrected chi connectivity index (χ4v) is 1.46. The van der Waals surface area contributed by atoms with Crippen LogP contribution in [-0.4, -0.2) is 21.7 Å². The molecule has 2 aromatic heterocycles. The summed E-state index contributed by atoms with van der Waals surface area (Å²) >= 11 is 0. The van der Waals surface area contributed by atoms with Crippen LogP contribution < -0.4 is 5.32 Å². The van der Waals surface area contributed by atoms with Crippen LogP contribution in [0.4, 0.5) is 0 Å². The van der Waals surface area contributed by atoms with Crippen molar-refractivity contribution in [2.75, 3.05) is 6.54 Å². The van der Waals surface area contributed by atoms with Gasteiger partial charge in [0.25, 0.3) is 0 Å². The van der Waals surface area contributed by atoms with Crippen LogP contribution >= 0.6 is 0 Å². The van der Waals surface area contributed by atoms with E-state index >= 15 is 0 Å². The van der Waals surface area contributed by atoms with E-state index in [1.54, 1.807) is 12.4 Å². The van der Waals surface area contributed by atoms with Crippen LogP contribution in [0.5, 0.6) is 0 Å². The first-order valence-electron chi connectivity index (χ1n) is 5.78. The molecule has 1 atom stereocenters. The Morgan fingerprint density at radius 2 is 2.29 bits per heavy atom. The van der Waals surface area contributed by atoms with Crippen LogP contribution in [0, 0.1) is 0 Å². The minimum atomic E-state index is 0.0767. The van der Waals surface area contributed by atoms with Gasteiger partial charge in [-0.2, -0.15) is 0 Å². The van der Waals surface area contributed by atoms with E-state index in [0.717, 1.165) is 18.5 Å². The van der Waals surface area contributed by atoms with E-state index in [4.69, 9.17) is 4.42 Å². The molecule has 0 bridgehead atoms. The van der Waals surface area contributed by atoms with Crippen molar-refractivity contribution in [1.29, 1.82) is 0 Å². The number of pyridine rings is 1. The summed E-state index contributed by atoms with van der Waals surface area (Å²) in [7, 11) is 0. The van der Waals surface area contributed by atoms with Crippen molar-refractivity contribution < 1.29 is 4.42 Å². The van der Waals surface area contributed by atoms with Crippen molar-refractivity contribution in [1.82, 2.24) is 20.5 Å². The predicted octanol–water partition coefficient (Wildman–Crippen LogP) is 2.19. The number of hydrogen-bond donors (Lipinski definition) is 1. The molecule has 0 saturated heterocycles. The molecular formula is C12H16N4O. The van der Waals surface area contributed by atoms with Crippen molar-refractivity contribution >= 4 is 0 Å². The van der Waals surface area contributed by atoms with Crippen molar-refractivity contribution in [3.05, 3.63) is 30.4 Å². The Morgan fingerprint density at radius 1 is 1.41 bits per heavy atom. The highest BCUT2D eigenvalue weighted by molar-refractivity contribution is 5.49. The average Bonchev–Trinajstić information content (AvgIpc) is 2.86. The van der Waals surface area contributed by atoms with E-state index in [1.807, 2.05) is 19.1 Å². The summed E-state index contributed by atoms with van der Waals surface area (Å²) < 4.78 is 5.60. The molecule has 2 heterocycles. The van der Waals surface area contributed by atoms with Crippen LogP contribution in [0.3, 0.4) is 0 Å². The van der Waals surface area contributed by atoms with Gasteiger partial charge in [-0.1, -0.05) is 6.92 Å². The van der Waals surface area contributed by atoms with Crippen LogP contribution in [0.15, 0.2) is 28.9 Å². The van der Waals surface area contributed by atoms with Gasteiger partial charge in [-0.15, -0.1) is 10.2 Å². The number of nitrogens with zero attached hydrogens (tertiary/aromatic N) is 3. The second-order valence-corrected chi connectivity index (χ2v) is 3.86. The lowest BCUT2D eigenvalue weighted by atomic mass is 10.3. The molecule has 0 aromatic carbocycles. The summed E-state index contributed by atoms with van der Waals surface area (Å²) in [5.41, 5.74) is 0.842. The van der Waals surface area contributed by atoms with Gasteiger partial charge in [0.05, 0.1) is 11.6 Å². The quantitative estimate of drug-likeness (QED) is 0.856. The largest absolute Gasteiger partial charge is 0.419 e. The van der Waals surface area contributed by atoms with E-state index in [0.29, 0.717) is 11.8 Å². The fraction of sp³-hybridized carbons (Fsp3) is 0.417. The summed E-state index contributed by atoms with van der Waals surface area (Å²) in [6, 6.07) is 3.82. The molecule has 0 aliphatic rings. The van der Waals surface area contributed by atoms with Crippen molar-refractivity contribution in [2.24, 2.45) is 0 Å². The van der Waals surface area contributed by atoms with Crippen molar-refractivity contribution in [2.45, 2.75) is 26.3 Å². The summed E-state index contributed by atoms with van der Waals surface area (Å²) in [6.07, 6.45) is 4.50. The lowest BCUT2D eigenvalue weighted by Crippen LogP contribution is -2.19. The predicted molar refractivity (Wildman–Crippen MR) is 64.2 cm³/mol. The van der Waals surface area contributed by atoms with Crippen molar-refractivity contribution in [3.8, 4) is 11.5 Å². The molecular weight excluding hydrogens is 216 g/mol. The second kappa shape index (κ2) is 5.54. The van der Waals surface area contributed by atoms with E-state index in [2.05, 4.69) is 27.4 Å². The number of hydrogen-bond acceptors (Lipinski definition) is 5. The van der Waals surface area contributed by atoms with Gasteiger partial charge in [0.1, 0.15) is 0 Å². The summed E-state index contributed by atoms with van der Waals surface area (Å²) in [4.78, 5) is 4.02. The molecule has 2 aromatic rings. The Hall–Kier alpha value is -1.75. The first kappa shape index (κ1) is 11.7. The molecule has 0 fully saturated rings. The molecule has 17 heavy (non-hydrogen) atoms. The van der Waals surface area contributed by atoms with E-state index in [1.165, 1.54) is 0 Å². The van der Waals surface area contributed by atoms with Gasteiger partial charge in [0.15, 0.2) is 0 Å². The van der Waals surface area contributed by atoms with Gasteiger partial charge in [-0.05, 0) is 32.0 Å². The Labute approximate surface area is 100 Å². The highest BCUT2D eigenvalue weighted by Crippen LogP contribution is 2.19. The van der Waals surface area contributed by atoms with Gasteiger partial charge in [-0.25, -0.2) is 0 Å². The lowest BCUT2D eigenvalue weighted by Gasteiger charge is -2.07. The zero-order valence-corrected chi connectivity index (χ0v) is 10.1. The zero-order chi connectivity index (χ0) is 12.1. The molecule has 1 unspecified atom stereocenters. The highest BCUT2D eigenvalue weighted by Gasteiger charge is 2.13. The molecule has 1 N–H and O–H groups in total. The Bertz CT molecular complexity index is 455. The molecule has 90 valence electrons. The first-order valence-corrected chi connectivity index (χ1v) is 5.78. The standard InChI is InChI=1S/C12H16N4O/c1-3-6-14-9(2)11-15-16-12(17-11)10-5-4-7-13-8-10/h4-5,7-9,14H,3,6H2,1-2H3. The Kier molecular flexibility index (Phi) is 3.82. The summed E-state index contributed by atoms with van der Waals surface area (Å²) in [5.74, 6) is 1.12. The Balaban J connectivity index is 2.11. The third-order valence-electron chi connectivity index (χ3n) is 2.42. The van der Waals surface area contributed by atoms with E-state index < -0.39 is 0 Å². The molecule has 5 heteroatoms. The fourth-order valence-electron chi connectivity index (χ4n) is 1.46. The average molecular weight is 232 g/mol. The maximum atomic E-state index is 5.60. The van der Waals surface area contributed by atoms with Gasteiger partial charge in [0.2, 0.25) is 11.8 Å².